The predicted octanol–water partition coefficient (Wildman–Crippen LogP) is 3.84. The average molecular weight is 373 g/mol. The number of pyridine rings is 1. The third kappa shape index (κ3) is 4.65. The van der Waals surface area contributed by atoms with E-state index in [1.807, 2.05) is 12.3 Å². The Labute approximate surface area is 141 Å². The summed E-state index contributed by atoms with van der Waals surface area (Å²) in [7, 11) is 2.13. The van der Waals surface area contributed by atoms with Gasteiger partial charge in [0.2, 0.25) is 0 Å². The van der Waals surface area contributed by atoms with E-state index < -0.39 is 0 Å². The van der Waals surface area contributed by atoms with E-state index in [1.54, 1.807) is 0 Å². The van der Waals surface area contributed by atoms with Crippen molar-refractivity contribution in [1.29, 1.82) is 0 Å². The Balaban J connectivity index is 0.00000220. The van der Waals surface area contributed by atoms with Crippen LogP contribution in [0.2, 0.25) is 0 Å². The van der Waals surface area contributed by atoms with Gasteiger partial charge >= 0.3 is 0 Å². The molecule has 0 spiro atoms. The van der Waals surface area contributed by atoms with Crippen molar-refractivity contribution in [3.63, 3.8) is 0 Å². The van der Waals surface area contributed by atoms with Gasteiger partial charge in [-0.2, -0.15) is 0 Å². The smallest absolute Gasteiger partial charge is 0.0758 e. The number of aromatic nitrogens is 1. The summed E-state index contributed by atoms with van der Waals surface area (Å²) < 4.78 is 1.09. The largest absolute Gasteiger partial charge is 0.330 e. The molecule has 1 aromatic carbocycles. The van der Waals surface area contributed by atoms with Crippen molar-refractivity contribution in [1.82, 2.24) is 9.88 Å². The molecule has 0 radical (unpaired) electrons. The lowest BCUT2D eigenvalue weighted by Gasteiger charge is -2.29. The number of benzene rings is 1. The highest BCUT2D eigenvalue weighted by Gasteiger charge is 2.18. The summed E-state index contributed by atoms with van der Waals surface area (Å²) >= 11 is 3.59. The molecule has 0 unspecified atom stereocenters. The van der Waals surface area contributed by atoms with Crippen LogP contribution in [0.15, 0.2) is 34.9 Å². The van der Waals surface area contributed by atoms with Crippen molar-refractivity contribution in [2.75, 3.05) is 20.1 Å². The van der Waals surface area contributed by atoms with Crippen molar-refractivity contribution in [3.05, 3.63) is 40.5 Å². The SMILES string of the molecule is CN(Cc1ccc(Br)c2cccnc12)CC(C)(C)CN.Cl. The molecule has 0 aliphatic rings. The molecular weight excluding hydrogens is 350 g/mol. The maximum atomic E-state index is 5.81. The van der Waals surface area contributed by atoms with E-state index in [-0.39, 0.29) is 17.8 Å². The van der Waals surface area contributed by atoms with E-state index in [4.69, 9.17) is 5.73 Å². The summed E-state index contributed by atoms with van der Waals surface area (Å²) in [6.07, 6.45) is 1.85. The number of halogens is 2. The van der Waals surface area contributed by atoms with E-state index in [9.17, 15) is 0 Å². The molecule has 0 saturated heterocycles. The van der Waals surface area contributed by atoms with Gasteiger partial charge in [0.1, 0.15) is 0 Å². The lowest BCUT2D eigenvalue weighted by Crippen LogP contribution is -2.36. The lowest BCUT2D eigenvalue weighted by atomic mass is 9.93. The van der Waals surface area contributed by atoms with Crippen LogP contribution >= 0.6 is 28.3 Å². The van der Waals surface area contributed by atoms with Crippen molar-refractivity contribution >= 4 is 39.2 Å². The number of hydrogen-bond acceptors (Lipinski definition) is 3. The summed E-state index contributed by atoms with van der Waals surface area (Å²) in [5, 5.41) is 1.16. The average Bonchev–Trinajstić information content (AvgIpc) is 2.42. The van der Waals surface area contributed by atoms with E-state index >= 15 is 0 Å². The van der Waals surface area contributed by atoms with E-state index in [0.29, 0.717) is 6.54 Å². The zero-order valence-electron chi connectivity index (χ0n) is 12.8. The Morgan fingerprint density at radius 2 is 2.00 bits per heavy atom. The first-order chi connectivity index (χ1) is 9.43. The molecule has 5 heteroatoms. The Hall–Kier alpha value is -0.680. The van der Waals surface area contributed by atoms with Crippen LogP contribution in [0.4, 0.5) is 0 Å². The second-order valence-corrected chi connectivity index (χ2v) is 7.00. The van der Waals surface area contributed by atoms with Crippen LogP contribution in [-0.2, 0) is 6.54 Å². The third-order valence-electron chi connectivity index (χ3n) is 3.49. The van der Waals surface area contributed by atoms with E-state index in [0.717, 1.165) is 28.5 Å². The normalized spacial score (nSPS) is 11.7. The predicted molar refractivity (Wildman–Crippen MR) is 95.9 cm³/mol. The van der Waals surface area contributed by atoms with Gasteiger partial charge < -0.3 is 10.6 Å². The quantitative estimate of drug-likeness (QED) is 0.867. The standard InChI is InChI=1S/C16H22BrN3.ClH/c1-16(2,10-18)11-20(3)9-12-6-7-14(17)13-5-4-8-19-15(12)13;/h4-8H,9-11,18H2,1-3H3;1H. The second kappa shape index (κ2) is 7.54. The molecule has 21 heavy (non-hydrogen) atoms. The molecule has 2 aromatic rings. The second-order valence-electron chi connectivity index (χ2n) is 6.15. The molecule has 0 saturated carbocycles. The summed E-state index contributed by atoms with van der Waals surface area (Å²) in [4.78, 5) is 6.84. The Bertz CT molecular complexity index is 601. The molecule has 2 N–H and O–H groups in total. The molecule has 1 aromatic heterocycles. The van der Waals surface area contributed by atoms with Crippen LogP contribution in [0, 0.1) is 5.41 Å². The van der Waals surface area contributed by atoms with E-state index in [2.05, 4.69) is 64.9 Å². The minimum Gasteiger partial charge on any atom is -0.330 e. The maximum absolute atomic E-state index is 5.81. The molecule has 0 atom stereocenters. The van der Waals surface area contributed by atoms with Gasteiger partial charge in [0.15, 0.2) is 0 Å². The number of fused-ring (bicyclic) bond motifs is 1. The van der Waals surface area contributed by atoms with Gasteiger partial charge in [0.05, 0.1) is 5.52 Å². The van der Waals surface area contributed by atoms with Crippen LogP contribution in [0.1, 0.15) is 19.4 Å². The number of rotatable bonds is 5. The van der Waals surface area contributed by atoms with E-state index in [1.165, 1.54) is 5.56 Å². The van der Waals surface area contributed by atoms with Gasteiger partial charge in [-0.25, -0.2) is 0 Å². The lowest BCUT2D eigenvalue weighted by molar-refractivity contribution is 0.210. The fourth-order valence-corrected chi connectivity index (χ4v) is 2.92. The fourth-order valence-electron chi connectivity index (χ4n) is 2.47. The van der Waals surface area contributed by atoms with Crippen LogP contribution < -0.4 is 5.73 Å². The summed E-state index contributed by atoms with van der Waals surface area (Å²) in [6, 6.07) is 8.31. The highest BCUT2D eigenvalue weighted by molar-refractivity contribution is 9.10. The first-order valence-electron chi connectivity index (χ1n) is 6.84. The summed E-state index contributed by atoms with van der Waals surface area (Å²) in [5.41, 5.74) is 8.26. The van der Waals surface area contributed by atoms with Crippen molar-refractivity contribution in [3.8, 4) is 0 Å². The van der Waals surface area contributed by atoms with Crippen LogP contribution in [0.3, 0.4) is 0 Å². The third-order valence-corrected chi connectivity index (χ3v) is 4.18. The molecular formula is C16H23BrClN3. The minimum absolute atomic E-state index is 0. The maximum Gasteiger partial charge on any atom is 0.0758 e. The zero-order valence-corrected chi connectivity index (χ0v) is 15.2. The molecule has 0 aliphatic carbocycles. The van der Waals surface area contributed by atoms with Gasteiger partial charge in [0.25, 0.3) is 0 Å². The molecule has 1 heterocycles. The van der Waals surface area contributed by atoms with Gasteiger partial charge in [-0.1, -0.05) is 41.9 Å². The first kappa shape index (κ1) is 18.4. The van der Waals surface area contributed by atoms with Crippen LogP contribution in [0.25, 0.3) is 10.9 Å². The molecule has 0 bridgehead atoms. The number of hydrogen-bond donors (Lipinski definition) is 1. The molecule has 3 nitrogen and oxygen atoms in total. The van der Waals surface area contributed by atoms with Gasteiger partial charge in [-0.3, -0.25) is 4.98 Å². The minimum atomic E-state index is 0. The van der Waals surface area contributed by atoms with Crippen LogP contribution in [-0.4, -0.2) is 30.0 Å². The van der Waals surface area contributed by atoms with Gasteiger partial charge in [-0.15, -0.1) is 12.4 Å². The first-order valence-corrected chi connectivity index (χ1v) is 7.63. The topological polar surface area (TPSA) is 42.2 Å². The zero-order chi connectivity index (χ0) is 14.8. The summed E-state index contributed by atoms with van der Waals surface area (Å²) in [6.45, 7) is 6.93. The highest BCUT2D eigenvalue weighted by Crippen LogP contribution is 2.26. The molecule has 2 rings (SSSR count). The molecule has 116 valence electrons. The Morgan fingerprint density at radius 3 is 2.67 bits per heavy atom. The van der Waals surface area contributed by atoms with Crippen molar-refractivity contribution < 1.29 is 0 Å². The molecule has 0 aliphatic heterocycles. The number of nitrogens with zero attached hydrogens (tertiary/aromatic N) is 2. The monoisotopic (exact) mass is 371 g/mol. The number of nitrogens with two attached hydrogens (primary N) is 1. The molecule has 0 fully saturated rings. The summed E-state index contributed by atoms with van der Waals surface area (Å²) in [5.74, 6) is 0. The Morgan fingerprint density at radius 1 is 1.29 bits per heavy atom. The Kier molecular flexibility index (Phi) is 6.60. The fraction of sp³-hybridized carbons (Fsp3) is 0.438. The molecule has 0 amide bonds. The van der Waals surface area contributed by atoms with Crippen molar-refractivity contribution in [2.24, 2.45) is 11.1 Å². The van der Waals surface area contributed by atoms with Crippen molar-refractivity contribution in [2.45, 2.75) is 20.4 Å². The van der Waals surface area contributed by atoms with Gasteiger partial charge in [-0.05, 0) is 36.7 Å². The highest BCUT2D eigenvalue weighted by atomic mass is 79.9. The van der Waals surface area contributed by atoms with Crippen LogP contribution in [0.5, 0.6) is 0 Å². The van der Waals surface area contributed by atoms with Gasteiger partial charge in [0, 0.05) is 29.1 Å².